The third-order valence-electron chi connectivity index (χ3n) is 3.65. The van der Waals surface area contributed by atoms with Crippen molar-refractivity contribution in [3.05, 3.63) is 54.7 Å². The molecule has 0 saturated heterocycles. The number of anilines is 1. The van der Waals surface area contributed by atoms with Crippen molar-refractivity contribution in [2.45, 2.75) is 12.8 Å². The summed E-state index contributed by atoms with van der Waals surface area (Å²) >= 11 is 0. The number of nitrogens with zero attached hydrogens (tertiary/aromatic N) is 4. The topological polar surface area (TPSA) is 96.5 Å². The van der Waals surface area contributed by atoms with Crippen molar-refractivity contribution in [1.82, 2.24) is 24.9 Å². The lowest BCUT2D eigenvalue weighted by atomic mass is 10.2. The maximum absolute atomic E-state index is 12.1. The Morgan fingerprint density at radius 2 is 1.92 bits per heavy atom. The van der Waals surface area contributed by atoms with Gasteiger partial charge in [0.05, 0.1) is 16.6 Å². The zero-order valence-electron chi connectivity index (χ0n) is 12.7. The van der Waals surface area contributed by atoms with Gasteiger partial charge in [-0.25, -0.2) is 9.97 Å². The van der Waals surface area contributed by atoms with Crippen molar-refractivity contribution in [2.75, 3.05) is 5.32 Å². The van der Waals surface area contributed by atoms with Gasteiger partial charge in [-0.2, -0.15) is 0 Å². The van der Waals surface area contributed by atoms with Gasteiger partial charge in [0.15, 0.2) is 5.65 Å². The third-order valence-corrected chi connectivity index (χ3v) is 3.65. The number of carbonyl (C=O) groups excluding carboxylic acids is 1. The maximum atomic E-state index is 12.1. The van der Waals surface area contributed by atoms with Crippen LogP contribution in [0.1, 0.15) is 12.2 Å². The molecule has 2 N–H and O–H groups in total. The predicted octanol–water partition coefficient (Wildman–Crippen LogP) is 2.47. The molecule has 3 aromatic heterocycles. The lowest BCUT2D eigenvalue weighted by molar-refractivity contribution is -0.116. The second-order valence-corrected chi connectivity index (χ2v) is 5.37. The number of nitrogens with one attached hydrogen (secondary N) is 2. The molecule has 4 rings (SSSR count). The molecule has 0 saturated carbocycles. The molecule has 0 bridgehead atoms. The van der Waals surface area contributed by atoms with Crippen LogP contribution >= 0.6 is 0 Å². The molecule has 0 radical (unpaired) electrons. The first-order valence-electron chi connectivity index (χ1n) is 7.58. The van der Waals surface area contributed by atoms with Crippen LogP contribution in [0, 0.1) is 0 Å². The molecule has 0 aliphatic rings. The second kappa shape index (κ2) is 6.04. The van der Waals surface area contributed by atoms with Gasteiger partial charge < -0.3 is 10.3 Å². The van der Waals surface area contributed by atoms with Gasteiger partial charge in [0.2, 0.25) is 5.91 Å². The molecule has 118 valence electrons. The Balaban J connectivity index is 1.42. The molecule has 0 aliphatic heterocycles. The second-order valence-electron chi connectivity index (χ2n) is 5.37. The summed E-state index contributed by atoms with van der Waals surface area (Å²) in [6.07, 6.45) is 5.82. The van der Waals surface area contributed by atoms with E-state index in [9.17, 15) is 4.79 Å². The van der Waals surface area contributed by atoms with E-state index in [2.05, 4.69) is 30.2 Å². The molecule has 0 spiro atoms. The monoisotopic (exact) mass is 318 g/mol. The Hall–Kier alpha value is -3.35. The molecule has 0 atom stereocenters. The number of hydrogen-bond acceptors (Lipinski definition) is 5. The molecular formula is C17H14N6O. The molecule has 1 aromatic carbocycles. The summed E-state index contributed by atoms with van der Waals surface area (Å²) in [4.78, 5) is 32.3. The van der Waals surface area contributed by atoms with Crippen molar-refractivity contribution in [3.63, 3.8) is 0 Å². The average Bonchev–Trinajstić information content (AvgIpc) is 3.03. The first-order chi connectivity index (χ1) is 11.8. The number of H-pyrrole nitrogens is 1. The van der Waals surface area contributed by atoms with Crippen molar-refractivity contribution in [3.8, 4) is 0 Å². The van der Waals surface area contributed by atoms with Crippen LogP contribution in [0.25, 0.3) is 22.2 Å². The minimum atomic E-state index is -0.0772. The molecular weight excluding hydrogens is 304 g/mol. The summed E-state index contributed by atoms with van der Waals surface area (Å²) in [5, 5.41) is 2.87. The summed E-state index contributed by atoms with van der Waals surface area (Å²) in [6.45, 7) is 0. The van der Waals surface area contributed by atoms with Gasteiger partial charge in [0.25, 0.3) is 0 Å². The van der Waals surface area contributed by atoms with Gasteiger partial charge in [0.1, 0.15) is 5.82 Å². The highest BCUT2D eigenvalue weighted by Crippen LogP contribution is 2.15. The van der Waals surface area contributed by atoms with Gasteiger partial charge in [0, 0.05) is 37.1 Å². The van der Waals surface area contributed by atoms with E-state index in [0.717, 1.165) is 22.4 Å². The Labute approximate surface area is 137 Å². The summed E-state index contributed by atoms with van der Waals surface area (Å²) in [6, 6.07) is 9.23. The van der Waals surface area contributed by atoms with Gasteiger partial charge >= 0.3 is 0 Å². The molecule has 1 amide bonds. The third kappa shape index (κ3) is 2.91. The number of imidazole rings is 1. The van der Waals surface area contributed by atoms with Crippen LogP contribution in [0.4, 0.5) is 5.69 Å². The van der Waals surface area contributed by atoms with Crippen LogP contribution in [-0.2, 0) is 11.2 Å². The average molecular weight is 318 g/mol. The van der Waals surface area contributed by atoms with Crippen LogP contribution in [0.2, 0.25) is 0 Å². The largest absolute Gasteiger partial charge is 0.341 e. The molecule has 24 heavy (non-hydrogen) atoms. The highest BCUT2D eigenvalue weighted by Gasteiger charge is 2.08. The van der Waals surface area contributed by atoms with E-state index in [1.807, 2.05) is 30.3 Å². The fourth-order valence-corrected chi connectivity index (χ4v) is 2.51. The van der Waals surface area contributed by atoms with E-state index in [4.69, 9.17) is 0 Å². The van der Waals surface area contributed by atoms with Crippen molar-refractivity contribution in [1.29, 1.82) is 0 Å². The molecule has 0 fully saturated rings. The summed E-state index contributed by atoms with van der Waals surface area (Å²) in [7, 11) is 0. The molecule has 7 heteroatoms. The van der Waals surface area contributed by atoms with Crippen molar-refractivity contribution in [2.24, 2.45) is 0 Å². The van der Waals surface area contributed by atoms with E-state index < -0.39 is 0 Å². The number of aromatic nitrogens is 5. The number of hydrogen-bond donors (Lipinski definition) is 2. The lowest BCUT2D eigenvalue weighted by Crippen LogP contribution is -2.12. The highest BCUT2D eigenvalue weighted by atomic mass is 16.1. The van der Waals surface area contributed by atoms with Crippen LogP contribution in [-0.4, -0.2) is 30.8 Å². The van der Waals surface area contributed by atoms with Gasteiger partial charge in [-0.05, 0) is 30.3 Å². The highest BCUT2D eigenvalue weighted by molar-refractivity contribution is 5.93. The Kier molecular flexibility index (Phi) is 3.59. The number of aromatic amines is 1. The van der Waals surface area contributed by atoms with Crippen LogP contribution in [0.15, 0.2) is 48.9 Å². The fraction of sp³-hybridized carbons (Fsp3) is 0.118. The minimum Gasteiger partial charge on any atom is -0.341 e. The Bertz CT molecular complexity index is 993. The van der Waals surface area contributed by atoms with Crippen LogP contribution in [0.5, 0.6) is 0 Å². The van der Waals surface area contributed by atoms with E-state index >= 15 is 0 Å². The number of benzene rings is 1. The predicted molar refractivity (Wildman–Crippen MR) is 90.4 cm³/mol. The van der Waals surface area contributed by atoms with Crippen molar-refractivity contribution < 1.29 is 4.79 Å². The lowest BCUT2D eigenvalue weighted by Gasteiger charge is -2.05. The van der Waals surface area contributed by atoms with Crippen LogP contribution < -0.4 is 5.32 Å². The van der Waals surface area contributed by atoms with Crippen LogP contribution in [0.3, 0.4) is 0 Å². The van der Waals surface area contributed by atoms with E-state index in [-0.39, 0.29) is 5.91 Å². The van der Waals surface area contributed by atoms with Gasteiger partial charge in [-0.15, -0.1) is 0 Å². The summed E-state index contributed by atoms with van der Waals surface area (Å²) in [5.74, 6) is 0.676. The number of carbonyl (C=O) groups is 1. The number of fused-ring (bicyclic) bond motifs is 2. The van der Waals surface area contributed by atoms with E-state index in [1.54, 1.807) is 18.6 Å². The quantitative estimate of drug-likeness (QED) is 0.602. The Morgan fingerprint density at radius 3 is 2.79 bits per heavy atom. The normalized spacial score (nSPS) is 11.0. The first kappa shape index (κ1) is 14.3. The maximum Gasteiger partial charge on any atom is 0.224 e. The first-order valence-corrected chi connectivity index (χ1v) is 7.58. The van der Waals surface area contributed by atoms with Gasteiger partial charge in [-0.3, -0.25) is 14.8 Å². The molecule has 7 nitrogen and oxygen atoms in total. The summed E-state index contributed by atoms with van der Waals surface area (Å²) < 4.78 is 0. The number of pyridine rings is 1. The number of amides is 1. The Morgan fingerprint density at radius 1 is 1.04 bits per heavy atom. The van der Waals surface area contributed by atoms with E-state index in [0.29, 0.717) is 24.2 Å². The number of aryl methyl sites for hydroxylation is 1. The molecule has 0 unspecified atom stereocenters. The molecule has 0 aliphatic carbocycles. The smallest absolute Gasteiger partial charge is 0.224 e. The molecule has 3 heterocycles. The van der Waals surface area contributed by atoms with Gasteiger partial charge in [-0.1, -0.05) is 0 Å². The SMILES string of the molecule is O=C(CCc1nc2ncccc2[nH]1)Nc1ccc2nccnc2c1. The zero-order chi connectivity index (χ0) is 16.4. The van der Waals surface area contributed by atoms with Crippen molar-refractivity contribution >= 4 is 33.8 Å². The fourth-order valence-electron chi connectivity index (χ4n) is 2.51. The zero-order valence-corrected chi connectivity index (χ0v) is 12.7. The summed E-state index contributed by atoms with van der Waals surface area (Å²) in [5.41, 5.74) is 3.80. The standard InChI is InChI=1S/C17H14N6O/c24-16(6-5-15-22-13-2-1-7-20-17(13)23-15)21-11-3-4-12-14(10-11)19-9-8-18-12/h1-4,7-10H,5-6H2,(H,21,24)(H,20,22,23). The van der Waals surface area contributed by atoms with E-state index in [1.165, 1.54) is 0 Å². The number of rotatable bonds is 4. The molecule has 4 aromatic rings. The minimum absolute atomic E-state index is 0.0772.